The number of ether oxygens (including phenoxy) is 3. The minimum Gasteiger partial charge on any atom is -0.507 e. The number of halogens is 1. The first kappa shape index (κ1) is 30.6. The number of aromatic nitrogens is 2. The highest BCUT2D eigenvalue weighted by Crippen LogP contribution is 2.46. The third-order valence-electron chi connectivity index (χ3n) is 7.41. The third kappa shape index (κ3) is 5.99. The lowest BCUT2D eigenvalue weighted by atomic mass is 9.94. The van der Waals surface area contributed by atoms with Crippen LogP contribution in [-0.4, -0.2) is 46.3 Å². The van der Waals surface area contributed by atoms with Crippen molar-refractivity contribution in [1.29, 1.82) is 0 Å². The molecule has 9 nitrogen and oxygen atoms in total. The molecule has 1 amide bonds. The molecular weight excluding hydrogens is 618 g/mol. The van der Waals surface area contributed by atoms with Crippen LogP contribution in [0.2, 0.25) is 0 Å². The molecule has 2 aliphatic heterocycles. The topological polar surface area (TPSA) is 111 Å². The quantitative estimate of drug-likeness (QED) is 0.0660. The number of hydrogen-bond acceptors (Lipinski definition) is 10. The van der Waals surface area contributed by atoms with Gasteiger partial charge >= 0.3 is 5.91 Å². The number of aliphatic hydroxyl groups excluding tert-OH is 1. The molecule has 2 aliphatic rings. The first-order valence-electron chi connectivity index (χ1n) is 14.5. The minimum atomic E-state index is -1.04. The highest BCUT2D eigenvalue weighted by Gasteiger charge is 2.48. The van der Waals surface area contributed by atoms with Crippen LogP contribution in [0.5, 0.6) is 17.2 Å². The largest absolute Gasteiger partial charge is 0.507 e. The Labute approximate surface area is 267 Å². The maximum absolute atomic E-state index is 14.2. The number of amides is 1. The minimum absolute atomic E-state index is 0.00771. The first-order valence-corrected chi connectivity index (χ1v) is 16.3. The second-order valence-corrected chi connectivity index (χ2v) is 12.6. The number of aliphatic hydroxyl groups is 1. The smallest absolute Gasteiger partial charge is 0.301 e. The average molecular weight is 648 g/mol. The zero-order valence-electron chi connectivity index (χ0n) is 24.8. The lowest BCUT2D eigenvalue weighted by Crippen LogP contribution is -2.29. The van der Waals surface area contributed by atoms with E-state index >= 15 is 0 Å². The Morgan fingerprint density at radius 2 is 1.84 bits per heavy atom. The Kier molecular flexibility index (Phi) is 8.77. The standard InChI is InChI=1S/C33H30FN3O6S2/c1-4-41-25-13-10-19(16-26(25)42-5-2)28-27(29(38)20-11-12-24-22(15-20)14-18(3)43-24)30(39)31(40)37(28)32-35-36-33(45-32)44-17-21-8-6-7-9-23(21)34/h6-13,15-16,18,28,38H,4-5,14,17H2,1-3H3/b29-27+/t18-,28+/m1/s1. The molecule has 2 atom stereocenters. The molecule has 1 N–H and O–H groups in total. The number of thioether (sulfide) groups is 1. The molecule has 1 aromatic heterocycles. The summed E-state index contributed by atoms with van der Waals surface area (Å²) in [6.45, 7) is 6.43. The van der Waals surface area contributed by atoms with Crippen molar-refractivity contribution in [3.8, 4) is 17.2 Å². The summed E-state index contributed by atoms with van der Waals surface area (Å²) in [6, 6.07) is 15.8. The van der Waals surface area contributed by atoms with Crippen LogP contribution in [0.4, 0.5) is 9.52 Å². The van der Waals surface area contributed by atoms with Crippen LogP contribution in [0.15, 0.2) is 70.6 Å². The Morgan fingerprint density at radius 1 is 1.07 bits per heavy atom. The fourth-order valence-electron chi connectivity index (χ4n) is 5.42. The van der Waals surface area contributed by atoms with Crippen molar-refractivity contribution in [3.63, 3.8) is 0 Å². The van der Waals surface area contributed by atoms with Gasteiger partial charge in [0.2, 0.25) is 5.13 Å². The van der Waals surface area contributed by atoms with Gasteiger partial charge in [0.15, 0.2) is 15.8 Å². The average Bonchev–Trinajstić information content (AvgIpc) is 3.72. The van der Waals surface area contributed by atoms with Gasteiger partial charge in [-0.1, -0.05) is 47.4 Å². The van der Waals surface area contributed by atoms with E-state index < -0.39 is 17.7 Å². The van der Waals surface area contributed by atoms with Gasteiger partial charge in [-0.05, 0) is 73.9 Å². The second-order valence-electron chi connectivity index (χ2n) is 10.4. The van der Waals surface area contributed by atoms with Crippen LogP contribution in [0, 0.1) is 5.82 Å². The molecule has 0 unspecified atom stereocenters. The molecule has 3 heterocycles. The van der Waals surface area contributed by atoms with E-state index in [0.717, 1.165) is 22.6 Å². The van der Waals surface area contributed by atoms with Crippen molar-refractivity contribution in [3.05, 3.63) is 94.3 Å². The Morgan fingerprint density at radius 3 is 2.62 bits per heavy atom. The van der Waals surface area contributed by atoms with E-state index in [2.05, 4.69) is 10.2 Å². The van der Waals surface area contributed by atoms with Crippen LogP contribution >= 0.6 is 23.1 Å². The van der Waals surface area contributed by atoms with Crippen LogP contribution in [0.3, 0.4) is 0 Å². The van der Waals surface area contributed by atoms with Crippen LogP contribution in [0.25, 0.3) is 5.76 Å². The fourth-order valence-corrected chi connectivity index (χ4v) is 7.27. The van der Waals surface area contributed by atoms with Gasteiger partial charge in [0.1, 0.15) is 23.4 Å². The molecule has 232 valence electrons. The number of carbonyl (C=O) groups excluding carboxylic acids is 2. The molecule has 45 heavy (non-hydrogen) atoms. The van der Waals surface area contributed by atoms with Gasteiger partial charge in [-0.3, -0.25) is 14.5 Å². The summed E-state index contributed by atoms with van der Waals surface area (Å²) in [7, 11) is 0. The van der Waals surface area contributed by atoms with E-state index in [1.165, 1.54) is 22.7 Å². The van der Waals surface area contributed by atoms with E-state index in [1.807, 2.05) is 20.8 Å². The summed E-state index contributed by atoms with van der Waals surface area (Å²) >= 11 is 2.38. The number of fused-ring (bicyclic) bond motifs is 1. The van der Waals surface area contributed by atoms with Gasteiger partial charge in [-0.2, -0.15) is 0 Å². The summed E-state index contributed by atoms with van der Waals surface area (Å²) in [5.74, 6) is -0.375. The third-order valence-corrected chi connectivity index (χ3v) is 9.51. The lowest BCUT2D eigenvalue weighted by molar-refractivity contribution is -0.132. The predicted molar refractivity (Wildman–Crippen MR) is 170 cm³/mol. The van der Waals surface area contributed by atoms with Gasteiger partial charge < -0.3 is 19.3 Å². The summed E-state index contributed by atoms with van der Waals surface area (Å²) in [4.78, 5) is 28.7. The summed E-state index contributed by atoms with van der Waals surface area (Å²) < 4.78 is 32.1. The Hall–Kier alpha value is -4.42. The van der Waals surface area contributed by atoms with Crippen molar-refractivity contribution in [2.24, 2.45) is 0 Å². The lowest BCUT2D eigenvalue weighted by Gasteiger charge is -2.23. The number of nitrogens with zero attached hydrogens (tertiary/aromatic N) is 3. The summed E-state index contributed by atoms with van der Waals surface area (Å²) in [6.07, 6.45) is 0.648. The van der Waals surface area contributed by atoms with Crippen LogP contribution in [-0.2, 0) is 21.8 Å². The number of anilines is 1. The number of Topliss-reactive ketones (excluding diaryl/α,β-unsaturated/α-hetero) is 1. The molecule has 0 spiro atoms. The monoisotopic (exact) mass is 647 g/mol. The Bertz CT molecular complexity index is 1810. The molecule has 1 saturated heterocycles. The molecule has 3 aromatic carbocycles. The maximum atomic E-state index is 14.2. The van der Waals surface area contributed by atoms with Crippen molar-refractivity contribution in [2.75, 3.05) is 18.1 Å². The second kappa shape index (κ2) is 12.9. The van der Waals surface area contributed by atoms with Gasteiger partial charge in [0.25, 0.3) is 5.78 Å². The number of rotatable bonds is 10. The first-order chi connectivity index (χ1) is 21.8. The molecule has 6 rings (SSSR count). The normalized spacial score (nSPS) is 18.6. The van der Waals surface area contributed by atoms with Crippen molar-refractivity contribution in [1.82, 2.24) is 10.2 Å². The molecular formula is C33H30FN3O6S2. The highest BCUT2D eigenvalue weighted by molar-refractivity contribution is 8.00. The molecule has 12 heteroatoms. The number of ketones is 1. The number of hydrogen-bond donors (Lipinski definition) is 1. The van der Waals surface area contributed by atoms with Crippen LogP contribution < -0.4 is 19.1 Å². The van der Waals surface area contributed by atoms with E-state index in [0.29, 0.717) is 57.9 Å². The zero-order chi connectivity index (χ0) is 31.7. The molecule has 0 aliphatic carbocycles. The van der Waals surface area contributed by atoms with Gasteiger partial charge in [0.05, 0.1) is 24.8 Å². The SMILES string of the molecule is CCOc1ccc([C@H]2/C(=C(\O)c3ccc4c(c3)C[C@@H](C)O4)C(=O)C(=O)N2c2nnc(SCc3ccccc3F)s2)cc1OCC. The molecule has 4 aromatic rings. The number of benzene rings is 3. The van der Waals surface area contributed by atoms with Crippen LogP contribution in [0.1, 0.15) is 49.1 Å². The van der Waals surface area contributed by atoms with E-state index in [9.17, 15) is 19.1 Å². The molecule has 0 saturated carbocycles. The fraction of sp³-hybridized carbons (Fsp3) is 0.273. The zero-order valence-corrected chi connectivity index (χ0v) is 26.4. The molecule has 0 bridgehead atoms. The van der Waals surface area contributed by atoms with E-state index in [-0.39, 0.29) is 28.4 Å². The van der Waals surface area contributed by atoms with E-state index in [1.54, 1.807) is 54.6 Å². The van der Waals surface area contributed by atoms with Crippen molar-refractivity contribution in [2.45, 2.75) is 49.4 Å². The molecule has 0 radical (unpaired) electrons. The molecule has 1 fully saturated rings. The van der Waals surface area contributed by atoms with E-state index in [4.69, 9.17) is 14.2 Å². The maximum Gasteiger partial charge on any atom is 0.301 e. The van der Waals surface area contributed by atoms with Gasteiger partial charge in [-0.25, -0.2) is 4.39 Å². The summed E-state index contributed by atoms with van der Waals surface area (Å²) in [5, 5.41) is 20.3. The van der Waals surface area contributed by atoms with Gasteiger partial charge in [0, 0.05) is 17.7 Å². The Balaban J connectivity index is 1.43. The van der Waals surface area contributed by atoms with Gasteiger partial charge in [-0.15, -0.1) is 10.2 Å². The van der Waals surface area contributed by atoms with Crippen molar-refractivity contribution < 1.29 is 33.3 Å². The van der Waals surface area contributed by atoms with Crippen molar-refractivity contribution >= 4 is 45.7 Å². The summed E-state index contributed by atoms with van der Waals surface area (Å²) in [5.41, 5.74) is 2.22. The number of carbonyl (C=O) groups is 2. The highest BCUT2D eigenvalue weighted by atomic mass is 32.2. The predicted octanol–water partition coefficient (Wildman–Crippen LogP) is 6.72.